The molecule has 18 heavy (non-hydrogen) atoms. The zero-order valence-electron chi connectivity index (χ0n) is 10.1. The van der Waals surface area contributed by atoms with Gasteiger partial charge in [-0.05, 0) is 12.0 Å². The van der Waals surface area contributed by atoms with Gasteiger partial charge >= 0.3 is 0 Å². The van der Waals surface area contributed by atoms with E-state index in [0.29, 0.717) is 25.4 Å². The summed E-state index contributed by atoms with van der Waals surface area (Å²) in [6, 6.07) is 0. The van der Waals surface area contributed by atoms with E-state index in [2.05, 4.69) is 9.97 Å². The summed E-state index contributed by atoms with van der Waals surface area (Å²) in [6.07, 6.45) is 5.64. The Kier molecular flexibility index (Phi) is 4.28. The Bertz CT molecular complexity index is 459. The molecular weight excluding hydrogens is 254 g/mol. The first-order chi connectivity index (χ1) is 8.70. The normalized spacial score (nSPS) is 15.4. The van der Waals surface area contributed by atoms with Crippen LogP contribution in [0.25, 0.3) is 0 Å². The van der Waals surface area contributed by atoms with Gasteiger partial charge in [0.2, 0.25) is 0 Å². The van der Waals surface area contributed by atoms with Gasteiger partial charge in [0, 0.05) is 20.2 Å². The highest BCUT2D eigenvalue weighted by molar-refractivity contribution is 6.29. The van der Waals surface area contributed by atoms with E-state index in [-0.39, 0.29) is 11.1 Å². The molecule has 2 rings (SSSR count). The van der Waals surface area contributed by atoms with Gasteiger partial charge in [-0.2, -0.15) is 0 Å². The monoisotopic (exact) mass is 267 g/mol. The van der Waals surface area contributed by atoms with E-state index in [1.165, 1.54) is 18.0 Å². The molecule has 0 aliphatic carbocycles. The highest BCUT2D eigenvalue weighted by atomic mass is 35.5. The van der Waals surface area contributed by atoms with E-state index >= 15 is 0 Å². The molecule has 2 heterocycles. The zero-order chi connectivity index (χ0) is 13.0. The lowest BCUT2D eigenvalue weighted by Gasteiger charge is -2.25. The average Bonchev–Trinajstić information content (AvgIpc) is 2.40. The Labute approximate surface area is 110 Å². The standard InChI is InChI=1S/C12H14ClN3O2/c1-18-8-9-2-4-16(5-3-9)12(17)10-6-15-11(13)7-14-10/h2,6-7H,3-5,8H2,1H3. The number of aromatic nitrogens is 2. The summed E-state index contributed by atoms with van der Waals surface area (Å²) in [7, 11) is 1.67. The number of hydrogen-bond donors (Lipinski definition) is 0. The Hall–Kier alpha value is -1.46. The molecule has 0 N–H and O–H groups in total. The third-order valence-electron chi connectivity index (χ3n) is 2.76. The van der Waals surface area contributed by atoms with Gasteiger partial charge in [-0.3, -0.25) is 4.79 Å². The first-order valence-electron chi connectivity index (χ1n) is 5.64. The first-order valence-corrected chi connectivity index (χ1v) is 6.02. The smallest absolute Gasteiger partial charge is 0.274 e. The van der Waals surface area contributed by atoms with Crippen molar-refractivity contribution in [2.45, 2.75) is 6.42 Å². The molecule has 1 aromatic rings. The largest absolute Gasteiger partial charge is 0.380 e. The van der Waals surface area contributed by atoms with Gasteiger partial charge in [-0.1, -0.05) is 17.7 Å². The number of ether oxygens (including phenoxy) is 1. The van der Waals surface area contributed by atoms with Gasteiger partial charge in [0.1, 0.15) is 10.8 Å². The molecule has 0 saturated carbocycles. The van der Waals surface area contributed by atoms with Crippen LogP contribution in [0.15, 0.2) is 24.0 Å². The lowest BCUT2D eigenvalue weighted by atomic mass is 10.1. The molecule has 1 aliphatic rings. The molecule has 0 saturated heterocycles. The summed E-state index contributed by atoms with van der Waals surface area (Å²) >= 11 is 5.63. The number of hydrogen-bond acceptors (Lipinski definition) is 4. The Morgan fingerprint density at radius 2 is 2.33 bits per heavy atom. The SMILES string of the molecule is COCC1=CCN(C(=O)c2cnc(Cl)cn2)CC1. The molecule has 1 amide bonds. The summed E-state index contributed by atoms with van der Waals surface area (Å²) in [5.41, 5.74) is 1.55. The highest BCUT2D eigenvalue weighted by Crippen LogP contribution is 2.13. The molecule has 0 fully saturated rings. The topological polar surface area (TPSA) is 55.3 Å². The van der Waals surface area contributed by atoms with Gasteiger partial charge in [0.15, 0.2) is 0 Å². The summed E-state index contributed by atoms with van der Waals surface area (Å²) < 4.78 is 5.07. The van der Waals surface area contributed by atoms with Crippen LogP contribution in [-0.2, 0) is 4.74 Å². The first kappa shape index (κ1) is 13.0. The fourth-order valence-corrected chi connectivity index (χ4v) is 1.89. The van der Waals surface area contributed by atoms with E-state index in [4.69, 9.17) is 16.3 Å². The van der Waals surface area contributed by atoms with Crippen LogP contribution in [0.3, 0.4) is 0 Å². The fraction of sp³-hybridized carbons (Fsp3) is 0.417. The Morgan fingerprint density at radius 1 is 1.50 bits per heavy atom. The number of nitrogens with zero attached hydrogens (tertiary/aromatic N) is 3. The van der Waals surface area contributed by atoms with Crippen molar-refractivity contribution in [1.82, 2.24) is 14.9 Å². The molecule has 0 bridgehead atoms. The van der Waals surface area contributed by atoms with Gasteiger partial charge < -0.3 is 9.64 Å². The molecule has 0 atom stereocenters. The number of amides is 1. The van der Waals surface area contributed by atoms with Crippen molar-refractivity contribution in [2.75, 3.05) is 26.8 Å². The maximum Gasteiger partial charge on any atom is 0.274 e. The molecule has 1 aromatic heterocycles. The molecular formula is C12H14ClN3O2. The van der Waals surface area contributed by atoms with E-state index < -0.39 is 0 Å². The van der Waals surface area contributed by atoms with Crippen LogP contribution in [0, 0.1) is 0 Å². The van der Waals surface area contributed by atoms with Gasteiger partial charge in [-0.15, -0.1) is 0 Å². The van der Waals surface area contributed by atoms with Crippen LogP contribution in [-0.4, -0.2) is 47.6 Å². The van der Waals surface area contributed by atoms with Gasteiger partial charge in [0.05, 0.1) is 19.0 Å². The van der Waals surface area contributed by atoms with Crippen molar-refractivity contribution in [3.05, 3.63) is 34.9 Å². The third kappa shape index (κ3) is 3.05. The van der Waals surface area contributed by atoms with Gasteiger partial charge in [-0.25, -0.2) is 9.97 Å². The molecule has 6 heteroatoms. The minimum Gasteiger partial charge on any atom is -0.380 e. The Morgan fingerprint density at radius 3 is 2.89 bits per heavy atom. The molecule has 0 radical (unpaired) electrons. The molecule has 96 valence electrons. The van der Waals surface area contributed by atoms with E-state index in [0.717, 1.165) is 6.42 Å². The molecule has 1 aliphatic heterocycles. The van der Waals surface area contributed by atoms with Crippen LogP contribution in [0.4, 0.5) is 0 Å². The minimum absolute atomic E-state index is 0.119. The van der Waals surface area contributed by atoms with Gasteiger partial charge in [0.25, 0.3) is 5.91 Å². The summed E-state index contributed by atoms with van der Waals surface area (Å²) in [5.74, 6) is -0.119. The second kappa shape index (κ2) is 5.93. The second-order valence-electron chi connectivity index (χ2n) is 4.02. The maximum absolute atomic E-state index is 12.1. The average molecular weight is 268 g/mol. The third-order valence-corrected chi connectivity index (χ3v) is 2.95. The predicted octanol–water partition coefficient (Wildman–Crippen LogP) is 1.55. The Balaban J connectivity index is 2.01. The summed E-state index contributed by atoms with van der Waals surface area (Å²) in [5, 5.41) is 0.285. The molecule has 0 unspecified atom stereocenters. The number of carbonyl (C=O) groups excluding carboxylic acids is 1. The van der Waals surface area contributed by atoms with Crippen molar-refractivity contribution >= 4 is 17.5 Å². The van der Waals surface area contributed by atoms with Crippen molar-refractivity contribution in [3.63, 3.8) is 0 Å². The highest BCUT2D eigenvalue weighted by Gasteiger charge is 2.19. The second-order valence-corrected chi connectivity index (χ2v) is 4.41. The predicted molar refractivity (Wildman–Crippen MR) is 67.5 cm³/mol. The van der Waals surface area contributed by atoms with Crippen molar-refractivity contribution in [3.8, 4) is 0 Å². The number of rotatable bonds is 3. The quantitative estimate of drug-likeness (QED) is 0.780. The maximum atomic E-state index is 12.1. The molecule has 0 aromatic carbocycles. The minimum atomic E-state index is -0.119. The molecule has 5 nitrogen and oxygen atoms in total. The van der Waals surface area contributed by atoms with E-state index in [9.17, 15) is 4.79 Å². The fourth-order valence-electron chi connectivity index (χ4n) is 1.80. The van der Waals surface area contributed by atoms with Crippen LogP contribution in [0.2, 0.25) is 5.15 Å². The van der Waals surface area contributed by atoms with Crippen molar-refractivity contribution in [1.29, 1.82) is 0 Å². The lowest BCUT2D eigenvalue weighted by Crippen LogP contribution is -2.35. The van der Waals surface area contributed by atoms with Crippen LogP contribution in [0.5, 0.6) is 0 Å². The van der Waals surface area contributed by atoms with Crippen molar-refractivity contribution in [2.24, 2.45) is 0 Å². The van der Waals surface area contributed by atoms with E-state index in [1.54, 1.807) is 12.0 Å². The van der Waals surface area contributed by atoms with Crippen LogP contribution >= 0.6 is 11.6 Å². The molecule has 0 spiro atoms. The van der Waals surface area contributed by atoms with Crippen molar-refractivity contribution < 1.29 is 9.53 Å². The van der Waals surface area contributed by atoms with Crippen LogP contribution < -0.4 is 0 Å². The zero-order valence-corrected chi connectivity index (χ0v) is 10.9. The number of carbonyl (C=O) groups is 1. The number of methoxy groups -OCH3 is 1. The summed E-state index contributed by atoms with van der Waals surface area (Å²) in [4.78, 5) is 21.7. The van der Waals surface area contributed by atoms with Crippen LogP contribution in [0.1, 0.15) is 16.9 Å². The number of halogens is 1. The lowest BCUT2D eigenvalue weighted by molar-refractivity contribution is 0.0758. The summed E-state index contributed by atoms with van der Waals surface area (Å²) in [6.45, 7) is 1.89. The van der Waals surface area contributed by atoms with E-state index in [1.807, 2.05) is 6.08 Å².